The van der Waals surface area contributed by atoms with E-state index in [1.165, 1.54) is 0 Å². The van der Waals surface area contributed by atoms with Gasteiger partial charge < -0.3 is 10.1 Å². The zero-order chi connectivity index (χ0) is 16.1. The highest BCUT2D eigenvalue weighted by atomic mass is 16.5. The maximum Gasteiger partial charge on any atom is 0.320 e. The number of ether oxygens (including phenoxy) is 1. The smallest absolute Gasteiger partial charge is 0.320 e. The highest BCUT2D eigenvalue weighted by Crippen LogP contribution is 2.17. The van der Waals surface area contributed by atoms with Gasteiger partial charge in [-0.25, -0.2) is 9.48 Å². The number of pyridine rings is 1. The SMILES string of the molecule is C[C@H](NC(=O)Nc1ccnn1C[C@@H]1CCOC1)c1cccnc1. The van der Waals surface area contributed by atoms with Crippen LogP contribution in [-0.2, 0) is 11.3 Å². The van der Waals surface area contributed by atoms with Gasteiger partial charge in [-0.15, -0.1) is 0 Å². The first-order chi connectivity index (χ1) is 11.2. The summed E-state index contributed by atoms with van der Waals surface area (Å²) in [6, 6.07) is 5.20. The first-order valence-electron chi connectivity index (χ1n) is 7.79. The summed E-state index contributed by atoms with van der Waals surface area (Å²) < 4.78 is 7.19. The Morgan fingerprint density at radius 2 is 2.39 bits per heavy atom. The van der Waals surface area contributed by atoms with Crippen molar-refractivity contribution < 1.29 is 9.53 Å². The van der Waals surface area contributed by atoms with Crippen molar-refractivity contribution in [3.63, 3.8) is 0 Å². The van der Waals surface area contributed by atoms with Crippen molar-refractivity contribution in [2.45, 2.75) is 25.9 Å². The van der Waals surface area contributed by atoms with Crippen molar-refractivity contribution in [1.82, 2.24) is 20.1 Å². The summed E-state index contributed by atoms with van der Waals surface area (Å²) in [5.41, 5.74) is 0.958. The molecule has 2 N–H and O–H groups in total. The molecular weight excluding hydrogens is 294 g/mol. The molecule has 2 aromatic rings. The van der Waals surface area contributed by atoms with Crippen molar-refractivity contribution in [2.75, 3.05) is 18.5 Å². The quantitative estimate of drug-likeness (QED) is 0.886. The van der Waals surface area contributed by atoms with Crippen LogP contribution in [0, 0.1) is 5.92 Å². The van der Waals surface area contributed by atoms with Gasteiger partial charge in [0.2, 0.25) is 0 Å². The van der Waals surface area contributed by atoms with Crippen LogP contribution in [0.2, 0.25) is 0 Å². The summed E-state index contributed by atoms with van der Waals surface area (Å²) in [6.45, 7) is 4.23. The second kappa shape index (κ2) is 7.23. The number of carbonyl (C=O) groups excluding carboxylic acids is 1. The molecule has 0 radical (unpaired) electrons. The van der Waals surface area contributed by atoms with Crippen LogP contribution in [0.15, 0.2) is 36.8 Å². The fourth-order valence-electron chi connectivity index (χ4n) is 2.62. The Kier molecular flexibility index (Phi) is 4.87. The lowest BCUT2D eigenvalue weighted by Gasteiger charge is -2.16. The Morgan fingerprint density at radius 1 is 1.48 bits per heavy atom. The van der Waals surface area contributed by atoms with Crippen LogP contribution >= 0.6 is 0 Å². The van der Waals surface area contributed by atoms with Crippen molar-refractivity contribution in [1.29, 1.82) is 0 Å². The molecule has 122 valence electrons. The molecule has 0 spiro atoms. The minimum atomic E-state index is -0.259. The molecule has 1 fully saturated rings. The summed E-state index contributed by atoms with van der Waals surface area (Å²) >= 11 is 0. The van der Waals surface area contributed by atoms with E-state index >= 15 is 0 Å². The van der Waals surface area contributed by atoms with E-state index in [9.17, 15) is 4.79 Å². The van der Waals surface area contributed by atoms with E-state index in [0.29, 0.717) is 11.7 Å². The fourth-order valence-corrected chi connectivity index (χ4v) is 2.62. The lowest BCUT2D eigenvalue weighted by molar-refractivity contribution is 0.181. The zero-order valence-electron chi connectivity index (χ0n) is 13.1. The maximum absolute atomic E-state index is 12.2. The summed E-state index contributed by atoms with van der Waals surface area (Å²) in [6.07, 6.45) is 6.18. The van der Waals surface area contributed by atoms with Crippen LogP contribution in [-0.4, -0.2) is 34.0 Å². The maximum atomic E-state index is 12.2. The molecule has 2 aromatic heterocycles. The molecule has 0 aromatic carbocycles. The summed E-state index contributed by atoms with van der Waals surface area (Å²) in [4.78, 5) is 16.2. The van der Waals surface area contributed by atoms with Gasteiger partial charge in [0.15, 0.2) is 0 Å². The number of rotatable bonds is 5. The second-order valence-corrected chi connectivity index (χ2v) is 5.73. The van der Waals surface area contributed by atoms with Crippen molar-refractivity contribution in [2.24, 2.45) is 5.92 Å². The molecule has 7 heteroatoms. The van der Waals surface area contributed by atoms with Crippen molar-refractivity contribution >= 4 is 11.8 Å². The third kappa shape index (κ3) is 4.07. The number of carbonyl (C=O) groups is 1. The predicted molar refractivity (Wildman–Crippen MR) is 86.0 cm³/mol. The van der Waals surface area contributed by atoms with E-state index in [0.717, 1.165) is 31.7 Å². The van der Waals surface area contributed by atoms with Gasteiger partial charge in [-0.3, -0.25) is 10.3 Å². The normalized spacial score (nSPS) is 18.6. The highest BCUT2D eigenvalue weighted by Gasteiger charge is 2.18. The largest absolute Gasteiger partial charge is 0.381 e. The van der Waals surface area contributed by atoms with Gasteiger partial charge in [-0.05, 0) is 25.0 Å². The first kappa shape index (κ1) is 15.5. The van der Waals surface area contributed by atoms with Crippen LogP contribution in [0.5, 0.6) is 0 Å². The number of nitrogens with zero attached hydrogens (tertiary/aromatic N) is 3. The monoisotopic (exact) mass is 315 g/mol. The van der Waals surface area contributed by atoms with E-state index < -0.39 is 0 Å². The Hall–Kier alpha value is -2.41. The number of hydrogen-bond donors (Lipinski definition) is 2. The zero-order valence-corrected chi connectivity index (χ0v) is 13.1. The molecule has 3 rings (SSSR count). The molecule has 1 aliphatic heterocycles. The number of urea groups is 1. The number of amides is 2. The minimum Gasteiger partial charge on any atom is -0.381 e. The van der Waals surface area contributed by atoms with Crippen LogP contribution in [0.1, 0.15) is 24.9 Å². The minimum absolute atomic E-state index is 0.122. The molecule has 0 unspecified atom stereocenters. The van der Waals surface area contributed by atoms with E-state index in [4.69, 9.17) is 4.74 Å². The van der Waals surface area contributed by atoms with Gasteiger partial charge in [0.25, 0.3) is 0 Å². The predicted octanol–water partition coefficient (Wildman–Crippen LogP) is 2.20. The first-order valence-corrected chi connectivity index (χ1v) is 7.79. The lowest BCUT2D eigenvalue weighted by atomic mass is 10.1. The summed E-state index contributed by atoms with van der Waals surface area (Å²) in [7, 11) is 0. The van der Waals surface area contributed by atoms with Gasteiger partial charge in [0.05, 0.1) is 18.8 Å². The molecule has 3 heterocycles. The third-order valence-corrected chi connectivity index (χ3v) is 3.95. The Balaban J connectivity index is 1.56. The van der Waals surface area contributed by atoms with Crippen LogP contribution in [0.4, 0.5) is 10.6 Å². The molecule has 0 bridgehead atoms. The van der Waals surface area contributed by atoms with E-state index in [-0.39, 0.29) is 12.1 Å². The second-order valence-electron chi connectivity index (χ2n) is 5.73. The molecule has 1 saturated heterocycles. The lowest BCUT2D eigenvalue weighted by Crippen LogP contribution is -2.32. The Labute approximate surface area is 135 Å². The summed E-state index contributed by atoms with van der Waals surface area (Å²) in [5.74, 6) is 1.14. The molecule has 23 heavy (non-hydrogen) atoms. The molecule has 1 aliphatic rings. The summed E-state index contributed by atoms with van der Waals surface area (Å²) in [5, 5.41) is 10.0. The molecule has 2 atom stereocenters. The highest BCUT2D eigenvalue weighted by molar-refractivity contribution is 5.88. The van der Waals surface area contributed by atoms with E-state index in [1.54, 1.807) is 24.7 Å². The average Bonchev–Trinajstić information content (AvgIpc) is 3.21. The van der Waals surface area contributed by atoms with Gasteiger partial charge >= 0.3 is 6.03 Å². The molecule has 0 saturated carbocycles. The topological polar surface area (TPSA) is 81.1 Å². The Bertz CT molecular complexity index is 637. The molecular formula is C16H21N5O2. The number of hydrogen-bond acceptors (Lipinski definition) is 4. The third-order valence-electron chi connectivity index (χ3n) is 3.95. The van der Waals surface area contributed by atoms with Gasteiger partial charge in [-0.2, -0.15) is 5.10 Å². The molecule has 0 aliphatic carbocycles. The van der Waals surface area contributed by atoms with Gasteiger partial charge in [0.1, 0.15) is 5.82 Å². The fraction of sp³-hybridized carbons (Fsp3) is 0.438. The number of anilines is 1. The standard InChI is InChI=1S/C16H21N5O2/c1-12(14-3-2-6-17-9-14)19-16(22)20-15-4-7-18-21(15)10-13-5-8-23-11-13/h2-4,6-7,9,12-13H,5,8,10-11H2,1H3,(H2,19,20,22)/t12-,13-/m0/s1. The van der Waals surface area contributed by atoms with E-state index in [2.05, 4.69) is 20.7 Å². The van der Waals surface area contributed by atoms with E-state index in [1.807, 2.05) is 23.7 Å². The average molecular weight is 315 g/mol. The van der Waals surface area contributed by atoms with Gasteiger partial charge in [-0.1, -0.05) is 6.07 Å². The van der Waals surface area contributed by atoms with Crippen LogP contribution in [0.25, 0.3) is 0 Å². The molecule has 7 nitrogen and oxygen atoms in total. The van der Waals surface area contributed by atoms with Crippen LogP contribution < -0.4 is 10.6 Å². The van der Waals surface area contributed by atoms with Crippen LogP contribution in [0.3, 0.4) is 0 Å². The van der Waals surface area contributed by atoms with Gasteiger partial charge in [0, 0.05) is 37.5 Å². The number of aromatic nitrogens is 3. The van der Waals surface area contributed by atoms with Crippen molar-refractivity contribution in [3.05, 3.63) is 42.4 Å². The van der Waals surface area contributed by atoms with Crippen molar-refractivity contribution in [3.8, 4) is 0 Å². The number of nitrogens with one attached hydrogen (secondary N) is 2. The Morgan fingerprint density at radius 3 is 3.13 bits per heavy atom. The molecule has 2 amide bonds.